The molecule has 0 heterocycles. The average molecular weight is 207 g/mol. The van der Waals surface area contributed by atoms with E-state index in [0.29, 0.717) is 5.69 Å². The van der Waals surface area contributed by atoms with Gasteiger partial charge in [-0.15, -0.1) is 6.42 Å². The first kappa shape index (κ1) is 11.1. The van der Waals surface area contributed by atoms with Crippen LogP contribution in [0.2, 0.25) is 0 Å². The molecule has 0 aliphatic heterocycles. The molecule has 78 valence electrons. The number of esters is 1. The van der Waals surface area contributed by atoms with Crippen molar-refractivity contribution < 1.29 is 13.9 Å². The summed E-state index contributed by atoms with van der Waals surface area (Å²) >= 11 is 0. The standard InChI is InChI=1S/C11H10FNO2/c1-3-6-13-10-5-4-8(12)7-9(10)11(14)15-2/h1,4-5,7,13H,6H2,2H3. The second-order valence-corrected chi connectivity index (χ2v) is 2.74. The fraction of sp³-hybridized carbons (Fsp3) is 0.182. The molecule has 0 radical (unpaired) electrons. The Labute approximate surface area is 87.2 Å². The predicted molar refractivity (Wildman–Crippen MR) is 55.1 cm³/mol. The van der Waals surface area contributed by atoms with Crippen LogP contribution < -0.4 is 5.32 Å². The van der Waals surface area contributed by atoms with E-state index in [2.05, 4.69) is 16.0 Å². The summed E-state index contributed by atoms with van der Waals surface area (Å²) in [6.07, 6.45) is 5.06. The minimum Gasteiger partial charge on any atom is -0.465 e. The van der Waals surface area contributed by atoms with Crippen molar-refractivity contribution in [2.75, 3.05) is 19.0 Å². The van der Waals surface area contributed by atoms with Gasteiger partial charge in [-0.2, -0.15) is 0 Å². The Kier molecular flexibility index (Phi) is 3.69. The molecule has 1 rings (SSSR count). The highest BCUT2D eigenvalue weighted by Crippen LogP contribution is 2.17. The topological polar surface area (TPSA) is 38.3 Å². The number of hydrogen-bond donors (Lipinski definition) is 1. The van der Waals surface area contributed by atoms with Crippen molar-refractivity contribution in [2.45, 2.75) is 0 Å². The molecule has 1 aromatic carbocycles. The molecule has 0 saturated heterocycles. The lowest BCUT2D eigenvalue weighted by molar-refractivity contribution is 0.0601. The fourth-order valence-corrected chi connectivity index (χ4v) is 1.10. The van der Waals surface area contributed by atoms with Gasteiger partial charge in [-0.05, 0) is 18.2 Å². The zero-order valence-corrected chi connectivity index (χ0v) is 8.21. The van der Waals surface area contributed by atoms with Crippen molar-refractivity contribution in [3.63, 3.8) is 0 Å². The van der Waals surface area contributed by atoms with E-state index in [1.54, 1.807) is 0 Å². The number of methoxy groups -OCH3 is 1. The van der Waals surface area contributed by atoms with Gasteiger partial charge < -0.3 is 10.1 Å². The van der Waals surface area contributed by atoms with Gasteiger partial charge in [0.05, 0.1) is 19.2 Å². The van der Waals surface area contributed by atoms with E-state index < -0.39 is 11.8 Å². The summed E-state index contributed by atoms with van der Waals surface area (Å²) in [6, 6.07) is 3.79. The molecule has 0 aliphatic rings. The minimum atomic E-state index is -0.603. The minimum absolute atomic E-state index is 0.132. The van der Waals surface area contributed by atoms with Crippen molar-refractivity contribution in [2.24, 2.45) is 0 Å². The highest BCUT2D eigenvalue weighted by molar-refractivity contribution is 5.95. The van der Waals surface area contributed by atoms with Gasteiger partial charge in [-0.3, -0.25) is 0 Å². The molecule has 0 aromatic heterocycles. The Morgan fingerprint density at radius 3 is 3.00 bits per heavy atom. The third-order valence-corrected chi connectivity index (χ3v) is 1.77. The van der Waals surface area contributed by atoms with Crippen molar-refractivity contribution >= 4 is 11.7 Å². The van der Waals surface area contributed by atoms with E-state index in [4.69, 9.17) is 6.42 Å². The number of terminal acetylenes is 1. The SMILES string of the molecule is C#CCNc1ccc(F)cc1C(=O)OC. The molecule has 0 unspecified atom stereocenters. The highest BCUT2D eigenvalue weighted by Gasteiger charge is 2.12. The number of hydrogen-bond acceptors (Lipinski definition) is 3. The normalized spacial score (nSPS) is 9.13. The Morgan fingerprint density at radius 1 is 1.67 bits per heavy atom. The molecule has 1 N–H and O–H groups in total. The number of halogens is 1. The van der Waals surface area contributed by atoms with Gasteiger partial charge in [0.15, 0.2) is 0 Å². The molecule has 4 heteroatoms. The average Bonchev–Trinajstić information content (AvgIpc) is 2.26. The fourth-order valence-electron chi connectivity index (χ4n) is 1.10. The number of carbonyl (C=O) groups excluding carboxylic acids is 1. The summed E-state index contributed by atoms with van der Waals surface area (Å²) in [4.78, 5) is 11.3. The second-order valence-electron chi connectivity index (χ2n) is 2.74. The third-order valence-electron chi connectivity index (χ3n) is 1.77. The summed E-state index contributed by atoms with van der Waals surface area (Å²) in [5, 5.41) is 2.80. The molecule has 0 spiro atoms. The smallest absolute Gasteiger partial charge is 0.340 e. The van der Waals surface area contributed by atoms with Gasteiger partial charge in [-0.25, -0.2) is 9.18 Å². The lowest BCUT2D eigenvalue weighted by Gasteiger charge is -2.08. The molecule has 3 nitrogen and oxygen atoms in total. The van der Waals surface area contributed by atoms with Gasteiger partial charge >= 0.3 is 5.97 Å². The van der Waals surface area contributed by atoms with E-state index in [9.17, 15) is 9.18 Å². The van der Waals surface area contributed by atoms with E-state index in [-0.39, 0.29) is 12.1 Å². The van der Waals surface area contributed by atoms with Crippen LogP contribution in [0.3, 0.4) is 0 Å². The largest absolute Gasteiger partial charge is 0.465 e. The first-order valence-electron chi connectivity index (χ1n) is 4.24. The van der Waals surface area contributed by atoms with Gasteiger partial charge in [0.2, 0.25) is 0 Å². The zero-order chi connectivity index (χ0) is 11.3. The second kappa shape index (κ2) is 5.01. The number of nitrogens with one attached hydrogen (secondary N) is 1. The maximum atomic E-state index is 12.9. The number of anilines is 1. The summed E-state index contributed by atoms with van der Waals surface area (Å²) in [6.45, 7) is 0.260. The summed E-state index contributed by atoms with van der Waals surface area (Å²) < 4.78 is 17.4. The molecule has 15 heavy (non-hydrogen) atoms. The van der Waals surface area contributed by atoms with Crippen LogP contribution >= 0.6 is 0 Å². The third kappa shape index (κ3) is 2.71. The van der Waals surface area contributed by atoms with Crippen LogP contribution in [0, 0.1) is 18.2 Å². The first-order chi connectivity index (χ1) is 7.19. The first-order valence-corrected chi connectivity index (χ1v) is 4.24. The van der Waals surface area contributed by atoms with Crippen LogP contribution in [0.5, 0.6) is 0 Å². The molecule has 0 aliphatic carbocycles. The maximum Gasteiger partial charge on any atom is 0.340 e. The van der Waals surface area contributed by atoms with Gasteiger partial charge in [0, 0.05) is 5.69 Å². The van der Waals surface area contributed by atoms with Crippen LogP contribution in [0.25, 0.3) is 0 Å². The summed E-state index contributed by atoms with van der Waals surface area (Å²) in [5.74, 6) is 1.26. The van der Waals surface area contributed by atoms with Crippen molar-refractivity contribution in [1.82, 2.24) is 0 Å². The molecule has 0 bridgehead atoms. The van der Waals surface area contributed by atoms with E-state index in [1.807, 2.05) is 0 Å². The molecule has 0 fully saturated rings. The Bertz CT molecular complexity index is 410. The van der Waals surface area contributed by atoms with Crippen LogP contribution in [-0.4, -0.2) is 19.6 Å². The molecular weight excluding hydrogens is 197 g/mol. The number of ether oxygens (including phenoxy) is 1. The van der Waals surface area contributed by atoms with E-state index in [1.165, 1.54) is 19.2 Å². The Morgan fingerprint density at radius 2 is 2.40 bits per heavy atom. The Balaban J connectivity index is 3.04. The van der Waals surface area contributed by atoms with E-state index in [0.717, 1.165) is 6.07 Å². The van der Waals surface area contributed by atoms with Crippen molar-refractivity contribution in [3.05, 3.63) is 29.6 Å². The Hall–Kier alpha value is -2.02. The predicted octanol–water partition coefficient (Wildman–Crippen LogP) is 1.66. The number of rotatable bonds is 3. The summed E-state index contributed by atoms with van der Waals surface area (Å²) in [7, 11) is 1.23. The number of benzene rings is 1. The van der Waals surface area contributed by atoms with Crippen LogP contribution in [-0.2, 0) is 4.74 Å². The van der Waals surface area contributed by atoms with Crippen molar-refractivity contribution in [1.29, 1.82) is 0 Å². The highest BCUT2D eigenvalue weighted by atomic mass is 19.1. The van der Waals surface area contributed by atoms with E-state index >= 15 is 0 Å². The summed E-state index contributed by atoms with van der Waals surface area (Å²) in [5.41, 5.74) is 0.592. The quantitative estimate of drug-likeness (QED) is 0.605. The molecule has 0 saturated carbocycles. The molecule has 1 aromatic rings. The zero-order valence-electron chi connectivity index (χ0n) is 8.21. The molecular formula is C11H10FNO2. The van der Waals surface area contributed by atoms with Crippen molar-refractivity contribution in [3.8, 4) is 12.3 Å². The van der Waals surface area contributed by atoms with Gasteiger partial charge in [0.25, 0.3) is 0 Å². The maximum absolute atomic E-state index is 12.9. The van der Waals surface area contributed by atoms with Crippen LogP contribution in [0.15, 0.2) is 18.2 Å². The lowest BCUT2D eigenvalue weighted by atomic mass is 10.1. The molecule has 0 atom stereocenters. The van der Waals surface area contributed by atoms with Crippen LogP contribution in [0.4, 0.5) is 10.1 Å². The van der Waals surface area contributed by atoms with Gasteiger partial charge in [0.1, 0.15) is 5.82 Å². The number of carbonyl (C=O) groups is 1. The lowest BCUT2D eigenvalue weighted by Crippen LogP contribution is -2.08. The monoisotopic (exact) mass is 207 g/mol. The molecule has 0 amide bonds. The van der Waals surface area contributed by atoms with Crippen LogP contribution in [0.1, 0.15) is 10.4 Å². The van der Waals surface area contributed by atoms with Gasteiger partial charge in [-0.1, -0.05) is 5.92 Å².